The summed E-state index contributed by atoms with van der Waals surface area (Å²) >= 11 is 0. The molecule has 0 bridgehead atoms. The first-order valence-electron chi connectivity index (χ1n) is 9.27. The number of methoxy groups -OCH3 is 1. The molecular weight excluding hydrogens is 376 g/mol. The number of nitrogens with one attached hydrogen (secondary N) is 2. The zero-order valence-electron chi connectivity index (χ0n) is 16.9. The number of hydrogen-bond acceptors (Lipinski definition) is 6. The van der Waals surface area contributed by atoms with Gasteiger partial charge in [0.2, 0.25) is 0 Å². The molecule has 2 atom stereocenters. The van der Waals surface area contributed by atoms with E-state index in [9.17, 15) is 14.4 Å². The van der Waals surface area contributed by atoms with Crippen molar-refractivity contribution in [2.45, 2.75) is 39.5 Å². The lowest BCUT2D eigenvalue weighted by Crippen LogP contribution is -2.47. The molecule has 0 unspecified atom stereocenters. The molecule has 8 heteroatoms. The first kappa shape index (κ1) is 22.0. The fourth-order valence-corrected chi connectivity index (χ4v) is 2.50. The molecule has 2 aromatic rings. The largest absolute Gasteiger partial charge is 0.497 e. The van der Waals surface area contributed by atoms with E-state index in [2.05, 4.69) is 10.6 Å². The van der Waals surface area contributed by atoms with Gasteiger partial charge in [-0.05, 0) is 42.7 Å². The van der Waals surface area contributed by atoms with Gasteiger partial charge in [-0.25, -0.2) is 4.79 Å². The van der Waals surface area contributed by atoms with Gasteiger partial charge in [-0.2, -0.15) is 0 Å². The maximum atomic E-state index is 12.5. The summed E-state index contributed by atoms with van der Waals surface area (Å²) in [5, 5.41) is 5.29. The monoisotopic (exact) mass is 402 g/mol. The first-order chi connectivity index (χ1) is 13.8. The molecule has 0 saturated heterocycles. The zero-order valence-corrected chi connectivity index (χ0v) is 16.9. The Morgan fingerprint density at radius 1 is 1.07 bits per heavy atom. The van der Waals surface area contributed by atoms with E-state index in [1.165, 1.54) is 19.3 Å². The Hall–Kier alpha value is -3.29. The van der Waals surface area contributed by atoms with Crippen LogP contribution in [0.25, 0.3) is 0 Å². The lowest BCUT2D eigenvalue weighted by Gasteiger charge is -2.22. The van der Waals surface area contributed by atoms with Gasteiger partial charge in [-0.1, -0.05) is 26.0 Å². The molecule has 2 amide bonds. The lowest BCUT2D eigenvalue weighted by atomic mass is 10.0. The summed E-state index contributed by atoms with van der Waals surface area (Å²) in [5.74, 6) is -1.08. The Kier molecular flexibility index (Phi) is 7.82. The highest BCUT2D eigenvalue weighted by molar-refractivity contribution is 5.95. The first-order valence-corrected chi connectivity index (χ1v) is 9.27. The predicted octanol–water partition coefficient (Wildman–Crippen LogP) is 2.29. The van der Waals surface area contributed by atoms with Crippen molar-refractivity contribution >= 4 is 17.8 Å². The molecule has 0 aliphatic heterocycles. The summed E-state index contributed by atoms with van der Waals surface area (Å²) < 4.78 is 15.4. The fraction of sp³-hybridized carbons (Fsp3) is 0.381. The normalized spacial score (nSPS) is 12.7. The summed E-state index contributed by atoms with van der Waals surface area (Å²) in [5.41, 5.74) is 0.878. The van der Waals surface area contributed by atoms with Gasteiger partial charge in [0.1, 0.15) is 11.8 Å². The van der Waals surface area contributed by atoms with Gasteiger partial charge in [0.25, 0.3) is 11.8 Å². The Morgan fingerprint density at radius 3 is 2.31 bits per heavy atom. The maximum Gasteiger partial charge on any atom is 0.329 e. The van der Waals surface area contributed by atoms with Crippen molar-refractivity contribution in [2.75, 3.05) is 7.11 Å². The van der Waals surface area contributed by atoms with Gasteiger partial charge in [-0.15, -0.1) is 0 Å². The number of rotatable bonds is 9. The van der Waals surface area contributed by atoms with E-state index in [0.717, 1.165) is 11.3 Å². The molecule has 1 heterocycles. The number of amides is 2. The van der Waals surface area contributed by atoms with Gasteiger partial charge >= 0.3 is 5.97 Å². The van der Waals surface area contributed by atoms with E-state index >= 15 is 0 Å². The van der Waals surface area contributed by atoms with Crippen LogP contribution in [0.5, 0.6) is 5.75 Å². The highest BCUT2D eigenvalue weighted by atomic mass is 16.5. The molecule has 0 spiro atoms. The third-order valence-corrected chi connectivity index (χ3v) is 4.24. The standard InChI is InChI=1S/C21H26N2O6/c1-13(2)18(23-20(25)17-6-5-11-28-17)21(26)29-14(3)19(24)22-12-15-7-9-16(27-4)10-8-15/h5-11,13-14,18H,12H2,1-4H3,(H,22,24)(H,23,25)/t14-,18-/m0/s1. The predicted molar refractivity (Wildman–Crippen MR) is 105 cm³/mol. The van der Waals surface area contributed by atoms with Crippen molar-refractivity contribution in [3.05, 3.63) is 54.0 Å². The summed E-state index contributed by atoms with van der Waals surface area (Å²) in [6.07, 6.45) is 0.356. The number of ether oxygens (including phenoxy) is 2. The van der Waals surface area contributed by atoms with Crippen LogP contribution in [0.4, 0.5) is 0 Å². The minimum absolute atomic E-state index is 0.0914. The molecule has 1 aromatic carbocycles. The Labute approximate surface area is 169 Å². The minimum Gasteiger partial charge on any atom is -0.497 e. The molecule has 1 aromatic heterocycles. The van der Waals surface area contributed by atoms with E-state index in [1.54, 1.807) is 39.2 Å². The average molecular weight is 402 g/mol. The van der Waals surface area contributed by atoms with Crippen molar-refractivity contribution < 1.29 is 28.3 Å². The molecule has 2 rings (SSSR count). The van der Waals surface area contributed by atoms with Crippen molar-refractivity contribution in [1.29, 1.82) is 0 Å². The molecule has 156 valence electrons. The van der Waals surface area contributed by atoms with Crippen molar-refractivity contribution in [3.8, 4) is 5.75 Å². The quantitative estimate of drug-likeness (QED) is 0.623. The number of benzene rings is 1. The van der Waals surface area contributed by atoms with Crippen LogP contribution in [-0.4, -0.2) is 37.0 Å². The Bertz CT molecular complexity index is 814. The van der Waals surface area contributed by atoms with Crippen molar-refractivity contribution in [1.82, 2.24) is 10.6 Å². The topological polar surface area (TPSA) is 107 Å². The van der Waals surface area contributed by atoms with Gasteiger partial charge in [0, 0.05) is 6.54 Å². The Balaban J connectivity index is 1.88. The lowest BCUT2D eigenvalue weighted by molar-refractivity contribution is -0.157. The van der Waals surface area contributed by atoms with E-state index in [1.807, 2.05) is 12.1 Å². The highest BCUT2D eigenvalue weighted by Gasteiger charge is 2.29. The summed E-state index contributed by atoms with van der Waals surface area (Å²) in [6.45, 7) is 5.30. The molecule has 0 saturated carbocycles. The summed E-state index contributed by atoms with van der Waals surface area (Å²) in [4.78, 5) is 36.9. The second-order valence-corrected chi connectivity index (χ2v) is 6.82. The van der Waals surface area contributed by atoms with Crippen LogP contribution in [-0.2, 0) is 20.9 Å². The molecule has 0 aliphatic carbocycles. The molecule has 0 radical (unpaired) electrons. The second kappa shape index (κ2) is 10.3. The molecule has 0 fully saturated rings. The van der Waals surface area contributed by atoms with E-state index in [4.69, 9.17) is 13.9 Å². The van der Waals surface area contributed by atoms with Gasteiger partial charge < -0.3 is 24.5 Å². The van der Waals surface area contributed by atoms with Crippen LogP contribution >= 0.6 is 0 Å². The number of furan rings is 1. The van der Waals surface area contributed by atoms with Crippen molar-refractivity contribution in [3.63, 3.8) is 0 Å². The van der Waals surface area contributed by atoms with E-state index < -0.39 is 29.9 Å². The van der Waals surface area contributed by atoms with Gasteiger partial charge in [-0.3, -0.25) is 9.59 Å². The molecule has 29 heavy (non-hydrogen) atoms. The number of carbonyl (C=O) groups is 3. The molecule has 8 nitrogen and oxygen atoms in total. The van der Waals surface area contributed by atoms with Crippen LogP contribution in [0.2, 0.25) is 0 Å². The maximum absolute atomic E-state index is 12.5. The smallest absolute Gasteiger partial charge is 0.329 e. The number of carbonyl (C=O) groups excluding carboxylic acids is 3. The molecule has 2 N–H and O–H groups in total. The molecule has 0 aliphatic rings. The van der Waals surface area contributed by atoms with E-state index in [0.29, 0.717) is 0 Å². The molecular formula is C21H26N2O6. The average Bonchev–Trinajstić information content (AvgIpc) is 3.25. The van der Waals surface area contributed by atoms with E-state index in [-0.39, 0.29) is 18.2 Å². The third kappa shape index (κ3) is 6.38. The summed E-state index contributed by atoms with van der Waals surface area (Å²) in [6, 6.07) is 9.40. The highest BCUT2D eigenvalue weighted by Crippen LogP contribution is 2.12. The van der Waals surface area contributed by atoms with Crippen LogP contribution < -0.4 is 15.4 Å². The second-order valence-electron chi connectivity index (χ2n) is 6.82. The third-order valence-electron chi connectivity index (χ3n) is 4.24. The zero-order chi connectivity index (χ0) is 21.4. The summed E-state index contributed by atoms with van der Waals surface area (Å²) in [7, 11) is 1.58. The SMILES string of the molecule is COc1ccc(CNC(=O)[C@H](C)OC(=O)[C@@H](NC(=O)c2ccco2)C(C)C)cc1. The fourth-order valence-electron chi connectivity index (χ4n) is 2.50. The minimum atomic E-state index is -1.01. The van der Waals surface area contributed by atoms with Gasteiger partial charge in [0.05, 0.1) is 13.4 Å². The Morgan fingerprint density at radius 2 is 1.76 bits per heavy atom. The van der Waals surface area contributed by atoms with Crippen LogP contribution in [0.15, 0.2) is 47.1 Å². The van der Waals surface area contributed by atoms with Crippen LogP contribution in [0.1, 0.15) is 36.9 Å². The number of esters is 1. The van der Waals surface area contributed by atoms with Crippen LogP contribution in [0, 0.1) is 5.92 Å². The van der Waals surface area contributed by atoms with Crippen molar-refractivity contribution in [2.24, 2.45) is 5.92 Å². The number of hydrogen-bond donors (Lipinski definition) is 2. The van der Waals surface area contributed by atoms with Gasteiger partial charge in [0.15, 0.2) is 11.9 Å². The van der Waals surface area contributed by atoms with Crippen LogP contribution in [0.3, 0.4) is 0 Å².